The molecule has 0 aliphatic rings. The van der Waals surface area contributed by atoms with E-state index in [0.717, 1.165) is 17.1 Å². The Morgan fingerprint density at radius 2 is 1.72 bits per heavy atom. The van der Waals surface area contributed by atoms with Crippen molar-refractivity contribution in [1.29, 1.82) is 0 Å². The summed E-state index contributed by atoms with van der Waals surface area (Å²) in [6.45, 7) is 2.03. The standard InChI is InChI=1S/C21H21N3O/c1-16-8-10-17(11-9-16)14-21(25)23-18-12-13-20(22-15-18)24(2)19-6-4-3-5-7-19/h3-13,15H,14H2,1-2H3,(H,23,25). The molecule has 3 aromatic rings. The fourth-order valence-corrected chi connectivity index (χ4v) is 2.54. The van der Waals surface area contributed by atoms with Crippen molar-refractivity contribution in [3.05, 3.63) is 84.1 Å². The average molecular weight is 331 g/mol. The van der Waals surface area contributed by atoms with E-state index in [2.05, 4.69) is 10.3 Å². The molecule has 0 unspecified atom stereocenters. The van der Waals surface area contributed by atoms with Gasteiger partial charge in [-0.1, -0.05) is 48.0 Å². The number of pyridine rings is 1. The van der Waals surface area contributed by atoms with Crippen molar-refractivity contribution in [2.45, 2.75) is 13.3 Å². The lowest BCUT2D eigenvalue weighted by Crippen LogP contribution is -2.15. The molecule has 0 saturated carbocycles. The number of hydrogen-bond donors (Lipinski definition) is 1. The van der Waals surface area contributed by atoms with Crippen LogP contribution in [0.2, 0.25) is 0 Å². The second-order valence-electron chi connectivity index (χ2n) is 6.01. The molecule has 0 fully saturated rings. The SMILES string of the molecule is Cc1ccc(CC(=O)Nc2ccc(N(C)c3ccccc3)nc2)cc1. The van der Waals surface area contributed by atoms with Crippen LogP contribution in [0.4, 0.5) is 17.2 Å². The van der Waals surface area contributed by atoms with Crippen molar-refractivity contribution in [3.8, 4) is 0 Å². The summed E-state index contributed by atoms with van der Waals surface area (Å²) in [5.74, 6) is 0.776. The van der Waals surface area contributed by atoms with Crippen molar-refractivity contribution in [2.24, 2.45) is 0 Å². The highest BCUT2D eigenvalue weighted by Gasteiger charge is 2.07. The molecule has 4 nitrogen and oxygen atoms in total. The highest BCUT2D eigenvalue weighted by Crippen LogP contribution is 2.22. The molecular formula is C21H21N3O. The average Bonchev–Trinajstić information content (AvgIpc) is 2.64. The summed E-state index contributed by atoms with van der Waals surface area (Å²) in [4.78, 5) is 18.6. The molecule has 4 heteroatoms. The zero-order valence-electron chi connectivity index (χ0n) is 14.4. The predicted molar refractivity (Wildman–Crippen MR) is 102 cm³/mol. The van der Waals surface area contributed by atoms with E-state index in [-0.39, 0.29) is 5.91 Å². The minimum atomic E-state index is -0.0465. The lowest BCUT2D eigenvalue weighted by molar-refractivity contribution is -0.115. The molecule has 2 aromatic carbocycles. The Labute approximate surface area is 148 Å². The van der Waals surface area contributed by atoms with E-state index in [4.69, 9.17) is 0 Å². The van der Waals surface area contributed by atoms with E-state index in [0.29, 0.717) is 12.1 Å². The van der Waals surface area contributed by atoms with Gasteiger partial charge in [-0.15, -0.1) is 0 Å². The Bertz CT molecular complexity index is 827. The molecule has 0 spiro atoms. The Morgan fingerprint density at radius 3 is 2.36 bits per heavy atom. The molecule has 126 valence electrons. The zero-order valence-corrected chi connectivity index (χ0v) is 14.4. The van der Waals surface area contributed by atoms with Gasteiger partial charge >= 0.3 is 0 Å². The topological polar surface area (TPSA) is 45.2 Å². The van der Waals surface area contributed by atoms with Gasteiger partial charge in [-0.25, -0.2) is 4.98 Å². The van der Waals surface area contributed by atoms with Crippen LogP contribution in [0.1, 0.15) is 11.1 Å². The Hall–Kier alpha value is -3.14. The quantitative estimate of drug-likeness (QED) is 0.756. The maximum atomic E-state index is 12.2. The number of nitrogens with one attached hydrogen (secondary N) is 1. The van der Waals surface area contributed by atoms with Crippen molar-refractivity contribution in [1.82, 2.24) is 4.98 Å². The summed E-state index contributed by atoms with van der Waals surface area (Å²) < 4.78 is 0. The molecule has 1 amide bonds. The van der Waals surface area contributed by atoms with Gasteiger partial charge in [-0.3, -0.25) is 4.79 Å². The van der Waals surface area contributed by atoms with Crippen LogP contribution in [0.3, 0.4) is 0 Å². The normalized spacial score (nSPS) is 10.3. The molecule has 0 saturated heterocycles. The van der Waals surface area contributed by atoms with Gasteiger partial charge in [-0.2, -0.15) is 0 Å². The molecule has 3 rings (SSSR count). The molecule has 0 aliphatic heterocycles. The monoisotopic (exact) mass is 331 g/mol. The van der Waals surface area contributed by atoms with Crippen molar-refractivity contribution in [2.75, 3.05) is 17.3 Å². The molecule has 0 aliphatic carbocycles. The fraction of sp³-hybridized carbons (Fsp3) is 0.143. The van der Waals surface area contributed by atoms with Crippen LogP contribution in [-0.4, -0.2) is 17.9 Å². The predicted octanol–water partition coefficient (Wildman–Crippen LogP) is 4.34. The number of carbonyl (C=O) groups is 1. The van der Waals surface area contributed by atoms with Crippen LogP contribution in [0, 0.1) is 6.92 Å². The molecule has 0 bridgehead atoms. The highest BCUT2D eigenvalue weighted by atomic mass is 16.1. The summed E-state index contributed by atoms with van der Waals surface area (Å²) in [6.07, 6.45) is 2.04. The number of aromatic nitrogens is 1. The number of benzene rings is 2. The molecule has 0 atom stereocenters. The first-order valence-electron chi connectivity index (χ1n) is 8.22. The van der Waals surface area contributed by atoms with Crippen LogP contribution in [0.25, 0.3) is 0 Å². The zero-order chi connectivity index (χ0) is 17.6. The summed E-state index contributed by atoms with van der Waals surface area (Å²) in [5, 5.41) is 2.89. The van der Waals surface area contributed by atoms with Crippen LogP contribution in [0.5, 0.6) is 0 Å². The third-order valence-electron chi connectivity index (χ3n) is 4.00. The van der Waals surface area contributed by atoms with Gasteiger partial charge in [0.05, 0.1) is 18.3 Å². The van der Waals surface area contributed by atoms with Crippen LogP contribution < -0.4 is 10.2 Å². The van der Waals surface area contributed by atoms with E-state index >= 15 is 0 Å². The lowest BCUT2D eigenvalue weighted by Gasteiger charge is -2.18. The maximum absolute atomic E-state index is 12.2. The number of nitrogens with zero attached hydrogens (tertiary/aromatic N) is 2. The maximum Gasteiger partial charge on any atom is 0.228 e. The van der Waals surface area contributed by atoms with Gasteiger partial charge in [-0.05, 0) is 36.8 Å². The second kappa shape index (κ2) is 7.62. The van der Waals surface area contributed by atoms with Gasteiger partial charge < -0.3 is 10.2 Å². The van der Waals surface area contributed by atoms with Gasteiger partial charge in [0.25, 0.3) is 0 Å². The van der Waals surface area contributed by atoms with Gasteiger partial charge in [0, 0.05) is 12.7 Å². The third kappa shape index (κ3) is 4.44. The molecule has 25 heavy (non-hydrogen) atoms. The number of anilines is 3. The number of aryl methyl sites for hydroxylation is 1. The van der Waals surface area contributed by atoms with Crippen LogP contribution in [-0.2, 0) is 11.2 Å². The van der Waals surface area contributed by atoms with E-state index in [1.165, 1.54) is 5.56 Å². The number of para-hydroxylation sites is 1. The third-order valence-corrected chi connectivity index (χ3v) is 4.00. The number of hydrogen-bond acceptors (Lipinski definition) is 3. The summed E-state index contributed by atoms with van der Waals surface area (Å²) in [7, 11) is 1.97. The first kappa shape index (κ1) is 16.7. The van der Waals surface area contributed by atoms with E-state index in [1.807, 2.05) is 85.6 Å². The van der Waals surface area contributed by atoms with E-state index < -0.39 is 0 Å². The molecule has 1 aromatic heterocycles. The van der Waals surface area contributed by atoms with Crippen molar-refractivity contribution < 1.29 is 4.79 Å². The summed E-state index contributed by atoms with van der Waals surface area (Å²) >= 11 is 0. The fourth-order valence-electron chi connectivity index (χ4n) is 2.54. The minimum absolute atomic E-state index is 0.0465. The Morgan fingerprint density at radius 1 is 1.00 bits per heavy atom. The lowest BCUT2D eigenvalue weighted by atomic mass is 10.1. The summed E-state index contributed by atoms with van der Waals surface area (Å²) in [5.41, 5.74) is 3.94. The van der Waals surface area contributed by atoms with Crippen molar-refractivity contribution in [3.63, 3.8) is 0 Å². The first-order valence-corrected chi connectivity index (χ1v) is 8.22. The molecular weight excluding hydrogens is 310 g/mol. The van der Waals surface area contributed by atoms with E-state index in [1.54, 1.807) is 6.20 Å². The second-order valence-corrected chi connectivity index (χ2v) is 6.01. The number of amides is 1. The first-order chi connectivity index (χ1) is 12.1. The molecule has 1 heterocycles. The molecule has 0 radical (unpaired) electrons. The Balaban J connectivity index is 1.62. The number of carbonyl (C=O) groups excluding carboxylic acids is 1. The Kier molecular flexibility index (Phi) is 5.09. The van der Waals surface area contributed by atoms with Crippen LogP contribution >= 0.6 is 0 Å². The largest absolute Gasteiger partial charge is 0.329 e. The van der Waals surface area contributed by atoms with Gasteiger partial charge in [0.2, 0.25) is 5.91 Å². The van der Waals surface area contributed by atoms with Crippen LogP contribution in [0.15, 0.2) is 72.9 Å². The highest BCUT2D eigenvalue weighted by molar-refractivity contribution is 5.92. The number of rotatable bonds is 5. The summed E-state index contributed by atoms with van der Waals surface area (Å²) in [6, 6.07) is 21.8. The van der Waals surface area contributed by atoms with Gasteiger partial charge in [0.15, 0.2) is 0 Å². The van der Waals surface area contributed by atoms with Gasteiger partial charge in [0.1, 0.15) is 5.82 Å². The molecule has 1 N–H and O–H groups in total. The smallest absolute Gasteiger partial charge is 0.228 e. The van der Waals surface area contributed by atoms with Crippen molar-refractivity contribution >= 4 is 23.1 Å². The van der Waals surface area contributed by atoms with E-state index in [9.17, 15) is 4.79 Å². The minimum Gasteiger partial charge on any atom is -0.329 e.